The number of carbonyl (C=O) groups is 1. The number of carbonyl (C=O) groups excluding carboxylic acids is 1. The molecule has 2 aromatic heterocycles. The first-order chi connectivity index (χ1) is 15.6. The molecule has 5 rings (SSSR count). The summed E-state index contributed by atoms with van der Waals surface area (Å²) >= 11 is 0. The molecular weight excluding hydrogens is 409 g/mol. The summed E-state index contributed by atoms with van der Waals surface area (Å²) in [5.41, 5.74) is 4.54. The maximum absolute atomic E-state index is 14.0. The van der Waals surface area contributed by atoms with Crippen molar-refractivity contribution in [2.45, 2.75) is 26.2 Å². The Morgan fingerprint density at radius 3 is 2.69 bits per heavy atom. The minimum atomic E-state index is -0.308. The number of benzene rings is 1. The van der Waals surface area contributed by atoms with E-state index in [1.807, 2.05) is 6.07 Å². The average Bonchev–Trinajstić information content (AvgIpc) is 3.50. The smallest absolute Gasteiger partial charge is 0.255 e. The highest BCUT2D eigenvalue weighted by atomic mass is 19.1. The van der Waals surface area contributed by atoms with Crippen LogP contribution >= 0.6 is 0 Å². The molecule has 1 aromatic carbocycles. The third kappa shape index (κ3) is 4.45. The Labute approximate surface area is 186 Å². The van der Waals surface area contributed by atoms with Crippen molar-refractivity contribution < 1.29 is 13.9 Å². The number of fused-ring (bicyclic) bond motifs is 1. The molecule has 4 heterocycles. The molecule has 168 valence electrons. The Bertz CT molecular complexity index is 1100. The van der Waals surface area contributed by atoms with Crippen molar-refractivity contribution in [1.29, 1.82) is 0 Å². The summed E-state index contributed by atoms with van der Waals surface area (Å²) < 4.78 is 19.4. The highest BCUT2D eigenvalue weighted by Crippen LogP contribution is 2.40. The lowest BCUT2D eigenvalue weighted by atomic mass is 10.0. The van der Waals surface area contributed by atoms with Gasteiger partial charge in [0.15, 0.2) is 0 Å². The zero-order valence-electron chi connectivity index (χ0n) is 18.3. The van der Waals surface area contributed by atoms with Crippen molar-refractivity contribution >= 4 is 17.3 Å². The molecule has 0 atom stereocenters. The quantitative estimate of drug-likeness (QED) is 0.497. The fraction of sp³-hybridized carbons (Fsp3) is 0.333. The van der Waals surface area contributed by atoms with E-state index in [1.165, 1.54) is 32.0 Å². The summed E-state index contributed by atoms with van der Waals surface area (Å²) in [7, 11) is 1.57. The summed E-state index contributed by atoms with van der Waals surface area (Å²) in [6, 6.07) is 6.65. The fourth-order valence-corrected chi connectivity index (χ4v) is 3.96. The maximum atomic E-state index is 14.0. The van der Waals surface area contributed by atoms with Gasteiger partial charge in [0.1, 0.15) is 11.6 Å². The van der Waals surface area contributed by atoms with Crippen LogP contribution < -0.4 is 20.7 Å². The number of hydrogen-bond donors (Lipinski definition) is 4. The van der Waals surface area contributed by atoms with Crippen molar-refractivity contribution in [3.8, 4) is 17.0 Å². The molecule has 0 radical (unpaired) electrons. The van der Waals surface area contributed by atoms with Gasteiger partial charge in [-0.05, 0) is 51.1 Å². The van der Waals surface area contributed by atoms with Crippen LogP contribution in [0.4, 0.5) is 15.8 Å². The highest BCUT2D eigenvalue weighted by Gasteiger charge is 2.28. The molecule has 3 aromatic rings. The van der Waals surface area contributed by atoms with Crippen molar-refractivity contribution in [2.75, 3.05) is 32.1 Å². The number of pyridine rings is 1. The second kappa shape index (κ2) is 9.82. The number of methoxy groups -OCH3 is 1. The van der Waals surface area contributed by atoms with Crippen LogP contribution in [0.25, 0.3) is 11.3 Å². The molecule has 2 aliphatic heterocycles. The number of amides is 1. The number of nitrogens with one attached hydrogen (secondary N) is 4. The fourth-order valence-electron chi connectivity index (χ4n) is 3.96. The van der Waals surface area contributed by atoms with Crippen molar-refractivity contribution in [2.24, 2.45) is 0 Å². The van der Waals surface area contributed by atoms with E-state index in [-0.39, 0.29) is 11.7 Å². The molecule has 1 fully saturated rings. The number of ether oxygens (including phenoxy) is 1. The maximum Gasteiger partial charge on any atom is 0.255 e. The number of nitrogens with zero attached hydrogens (tertiary/aromatic N) is 1. The molecule has 4 N–H and O–H groups in total. The number of anilines is 2. The van der Waals surface area contributed by atoms with Gasteiger partial charge in [0.05, 0.1) is 30.3 Å². The molecule has 1 amide bonds. The van der Waals surface area contributed by atoms with Crippen LogP contribution in [0.3, 0.4) is 0 Å². The largest absolute Gasteiger partial charge is 0.494 e. The summed E-state index contributed by atoms with van der Waals surface area (Å²) in [5, 5.41) is 9.35. The third-order valence-corrected chi connectivity index (χ3v) is 5.72. The lowest BCUT2D eigenvalue weighted by Crippen LogP contribution is -2.31. The lowest BCUT2D eigenvalue weighted by Gasteiger charge is -2.16. The molecule has 0 bridgehead atoms. The van der Waals surface area contributed by atoms with Gasteiger partial charge in [-0.3, -0.25) is 9.78 Å². The van der Waals surface area contributed by atoms with Gasteiger partial charge >= 0.3 is 0 Å². The van der Waals surface area contributed by atoms with Crippen LogP contribution in [0.2, 0.25) is 0 Å². The molecule has 7 nitrogen and oxygen atoms in total. The van der Waals surface area contributed by atoms with Crippen LogP contribution in [-0.4, -0.2) is 42.6 Å². The van der Waals surface area contributed by atoms with E-state index in [1.54, 1.807) is 38.6 Å². The predicted molar refractivity (Wildman–Crippen MR) is 123 cm³/mol. The summed E-state index contributed by atoms with van der Waals surface area (Å²) in [6.07, 6.45) is 6.74. The topological polar surface area (TPSA) is 91.1 Å². The molecule has 0 unspecified atom stereocenters. The SMILES string of the molecule is C1CCNC1.COc1cnccc1-c1[nH]c2c(c1Nc1cccc(F)c1C)C(=O)NCC2. The second-order valence-electron chi connectivity index (χ2n) is 7.80. The monoisotopic (exact) mass is 437 g/mol. The van der Waals surface area contributed by atoms with E-state index in [0.29, 0.717) is 46.9 Å². The standard InChI is InChI=1S/C20H19FN4O2.C4H9N/c1-11-13(21)4-3-5-14(11)24-19-17-15(7-9-23-20(17)26)25-18(19)12-6-8-22-10-16(12)27-2;1-2-4-5-3-1/h3-6,8,10,24-25H,7,9H2,1-2H3,(H,23,26);5H,1-4H2. The van der Waals surface area contributed by atoms with E-state index in [9.17, 15) is 9.18 Å². The van der Waals surface area contributed by atoms with Crippen molar-refractivity contribution in [3.63, 3.8) is 0 Å². The number of aromatic nitrogens is 2. The van der Waals surface area contributed by atoms with Gasteiger partial charge in [-0.1, -0.05) is 6.07 Å². The third-order valence-electron chi connectivity index (χ3n) is 5.72. The number of H-pyrrole nitrogens is 1. The Morgan fingerprint density at radius 1 is 1.16 bits per heavy atom. The molecule has 1 saturated heterocycles. The van der Waals surface area contributed by atoms with Gasteiger partial charge in [-0.2, -0.15) is 0 Å². The van der Waals surface area contributed by atoms with Crippen LogP contribution in [0.15, 0.2) is 36.7 Å². The predicted octanol–water partition coefficient (Wildman–Crippen LogP) is 3.93. The molecule has 0 spiro atoms. The Balaban J connectivity index is 0.000000433. The van der Waals surface area contributed by atoms with Gasteiger partial charge < -0.3 is 25.7 Å². The minimum absolute atomic E-state index is 0.164. The Hall–Kier alpha value is -3.39. The van der Waals surface area contributed by atoms with E-state index in [2.05, 4.69) is 25.9 Å². The molecule has 32 heavy (non-hydrogen) atoms. The minimum Gasteiger partial charge on any atom is -0.494 e. The Morgan fingerprint density at radius 2 is 1.97 bits per heavy atom. The van der Waals surface area contributed by atoms with Gasteiger partial charge in [0.2, 0.25) is 0 Å². The second-order valence-corrected chi connectivity index (χ2v) is 7.80. The number of halogens is 1. The normalized spacial score (nSPS) is 14.8. The van der Waals surface area contributed by atoms with E-state index in [4.69, 9.17) is 4.74 Å². The average molecular weight is 438 g/mol. The zero-order valence-corrected chi connectivity index (χ0v) is 18.3. The van der Waals surface area contributed by atoms with Crippen LogP contribution in [0, 0.1) is 12.7 Å². The van der Waals surface area contributed by atoms with Crippen molar-refractivity contribution in [1.82, 2.24) is 20.6 Å². The van der Waals surface area contributed by atoms with Gasteiger partial charge in [-0.15, -0.1) is 0 Å². The molecule has 2 aliphatic rings. The molecule has 0 saturated carbocycles. The van der Waals surface area contributed by atoms with Gasteiger partial charge in [-0.25, -0.2) is 4.39 Å². The van der Waals surface area contributed by atoms with Gasteiger partial charge in [0, 0.05) is 41.7 Å². The van der Waals surface area contributed by atoms with Gasteiger partial charge in [0.25, 0.3) is 5.91 Å². The summed E-state index contributed by atoms with van der Waals surface area (Å²) in [6.45, 7) is 4.77. The first-order valence-electron chi connectivity index (χ1n) is 10.8. The first-order valence-corrected chi connectivity index (χ1v) is 10.8. The summed E-state index contributed by atoms with van der Waals surface area (Å²) in [4.78, 5) is 20.0. The van der Waals surface area contributed by atoms with Crippen molar-refractivity contribution in [3.05, 3.63) is 59.3 Å². The lowest BCUT2D eigenvalue weighted by molar-refractivity contribution is 0.0947. The first kappa shape index (κ1) is 21.8. The number of hydrogen-bond acceptors (Lipinski definition) is 5. The van der Waals surface area contributed by atoms with Crippen LogP contribution in [-0.2, 0) is 6.42 Å². The summed E-state index contributed by atoms with van der Waals surface area (Å²) in [5.74, 6) is 0.107. The Kier molecular flexibility index (Phi) is 6.70. The molecular formula is C24H28FN5O2. The molecule has 0 aliphatic carbocycles. The van der Waals surface area contributed by atoms with Crippen LogP contribution in [0.1, 0.15) is 34.5 Å². The van der Waals surface area contributed by atoms with E-state index < -0.39 is 0 Å². The molecule has 8 heteroatoms. The van der Waals surface area contributed by atoms with E-state index >= 15 is 0 Å². The zero-order chi connectivity index (χ0) is 22.5. The highest BCUT2D eigenvalue weighted by molar-refractivity contribution is 6.06. The van der Waals surface area contributed by atoms with Crippen LogP contribution in [0.5, 0.6) is 5.75 Å². The van der Waals surface area contributed by atoms with E-state index in [0.717, 1.165) is 11.3 Å². The number of rotatable bonds is 4. The number of aromatic amines is 1.